The van der Waals surface area contributed by atoms with Gasteiger partial charge in [-0.25, -0.2) is 0 Å². The van der Waals surface area contributed by atoms with Crippen LogP contribution in [0.1, 0.15) is 19.4 Å². The van der Waals surface area contributed by atoms with E-state index in [0.29, 0.717) is 12.1 Å². The van der Waals surface area contributed by atoms with Crippen LogP contribution in [0.5, 0.6) is 0 Å². The first-order valence-corrected chi connectivity index (χ1v) is 6.34. The minimum Gasteiger partial charge on any atom is -0.364 e. The van der Waals surface area contributed by atoms with Crippen molar-refractivity contribution in [3.8, 4) is 6.07 Å². The minimum atomic E-state index is 0.288. The molecular formula is C16H17N3. The Morgan fingerprint density at radius 1 is 1.42 bits per heavy atom. The summed E-state index contributed by atoms with van der Waals surface area (Å²) in [4.78, 5) is 6.52. The molecule has 0 aliphatic heterocycles. The fraction of sp³-hybridized carbons (Fsp3) is 0.250. The number of anilines is 1. The Kier molecular flexibility index (Phi) is 3.82. The molecule has 0 saturated heterocycles. The Morgan fingerprint density at radius 2 is 2.16 bits per heavy atom. The van der Waals surface area contributed by atoms with Crippen molar-refractivity contribution in [1.82, 2.24) is 4.98 Å². The fourth-order valence-electron chi connectivity index (χ4n) is 2.22. The van der Waals surface area contributed by atoms with E-state index < -0.39 is 0 Å². The number of hydrogen-bond acceptors (Lipinski definition) is 3. The van der Waals surface area contributed by atoms with Crippen molar-refractivity contribution < 1.29 is 0 Å². The largest absolute Gasteiger partial charge is 0.364 e. The van der Waals surface area contributed by atoms with Crippen LogP contribution in [0, 0.1) is 11.3 Å². The van der Waals surface area contributed by atoms with Gasteiger partial charge in [0, 0.05) is 24.2 Å². The minimum absolute atomic E-state index is 0.288. The first kappa shape index (κ1) is 13.1. The average Bonchev–Trinajstić information content (AvgIpc) is 2.43. The number of hydrogen-bond donors (Lipinski definition) is 0. The van der Waals surface area contributed by atoms with Crippen molar-refractivity contribution in [3.05, 3.63) is 48.7 Å². The van der Waals surface area contributed by atoms with Gasteiger partial charge in [0.15, 0.2) is 0 Å². The summed E-state index contributed by atoms with van der Waals surface area (Å²) < 4.78 is 0. The van der Waals surface area contributed by atoms with Gasteiger partial charge in [-0.3, -0.25) is 4.98 Å². The number of fused-ring (bicyclic) bond motifs is 1. The van der Waals surface area contributed by atoms with E-state index in [2.05, 4.69) is 36.4 Å². The normalized spacial score (nSPS) is 10.4. The van der Waals surface area contributed by atoms with Crippen molar-refractivity contribution in [2.24, 2.45) is 0 Å². The topological polar surface area (TPSA) is 39.9 Å². The number of nitrogens with zero attached hydrogens (tertiary/aromatic N) is 3. The van der Waals surface area contributed by atoms with Crippen LogP contribution in [0.3, 0.4) is 0 Å². The molecule has 0 atom stereocenters. The second kappa shape index (κ2) is 5.53. The highest BCUT2D eigenvalue weighted by Gasteiger charge is 2.17. The van der Waals surface area contributed by atoms with Gasteiger partial charge in [-0.15, -0.1) is 6.58 Å². The summed E-state index contributed by atoms with van der Waals surface area (Å²) in [6.07, 6.45) is 3.51. The van der Waals surface area contributed by atoms with E-state index in [-0.39, 0.29) is 6.04 Å². The summed E-state index contributed by atoms with van der Waals surface area (Å²) >= 11 is 0. The number of pyridine rings is 1. The van der Waals surface area contributed by atoms with Gasteiger partial charge >= 0.3 is 0 Å². The lowest BCUT2D eigenvalue weighted by Gasteiger charge is -2.29. The Labute approximate surface area is 113 Å². The van der Waals surface area contributed by atoms with Crippen LogP contribution >= 0.6 is 0 Å². The molecule has 2 rings (SSSR count). The Hall–Kier alpha value is -2.34. The molecule has 0 bridgehead atoms. The van der Waals surface area contributed by atoms with Crippen molar-refractivity contribution in [2.75, 3.05) is 11.4 Å². The molecule has 0 aliphatic rings. The van der Waals surface area contributed by atoms with Crippen LogP contribution in [0.15, 0.2) is 43.1 Å². The number of aromatic nitrogens is 1. The summed E-state index contributed by atoms with van der Waals surface area (Å²) in [6.45, 7) is 8.73. The molecule has 0 aliphatic carbocycles. The number of nitriles is 1. The van der Waals surface area contributed by atoms with E-state index in [0.717, 1.165) is 16.6 Å². The maximum Gasteiger partial charge on any atom is 0.103 e. The van der Waals surface area contributed by atoms with Crippen LogP contribution < -0.4 is 4.90 Å². The molecular weight excluding hydrogens is 234 g/mol. The lowest BCUT2D eigenvalue weighted by Crippen LogP contribution is -2.31. The zero-order valence-corrected chi connectivity index (χ0v) is 11.3. The summed E-state index contributed by atoms with van der Waals surface area (Å²) in [5.74, 6) is 0. The van der Waals surface area contributed by atoms with E-state index in [1.807, 2.05) is 30.3 Å². The van der Waals surface area contributed by atoms with Crippen molar-refractivity contribution in [3.63, 3.8) is 0 Å². The molecule has 0 fully saturated rings. The van der Waals surface area contributed by atoms with E-state index in [9.17, 15) is 5.26 Å². The molecule has 0 N–H and O–H groups in total. The molecule has 2 aromatic rings. The monoisotopic (exact) mass is 251 g/mol. The summed E-state index contributed by atoms with van der Waals surface area (Å²) in [5.41, 5.74) is 2.46. The maximum atomic E-state index is 9.33. The molecule has 1 aromatic heterocycles. The molecule has 1 aromatic carbocycles. The lowest BCUT2D eigenvalue weighted by atomic mass is 10.1. The van der Waals surface area contributed by atoms with Gasteiger partial charge in [0.1, 0.15) is 6.07 Å². The summed E-state index contributed by atoms with van der Waals surface area (Å²) in [6, 6.07) is 10.4. The molecule has 0 spiro atoms. The predicted octanol–water partition coefficient (Wildman–Crippen LogP) is 3.51. The van der Waals surface area contributed by atoms with E-state index in [4.69, 9.17) is 0 Å². The van der Waals surface area contributed by atoms with Gasteiger partial charge in [0.25, 0.3) is 0 Å². The third kappa shape index (κ3) is 2.43. The molecule has 0 saturated carbocycles. The average molecular weight is 251 g/mol. The smallest absolute Gasteiger partial charge is 0.103 e. The van der Waals surface area contributed by atoms with Gasteiger partial charge in [-0.2, -0.15) is 5.26 Å². The van der Waals surface area contributed by atoms with Crippen LogP contribution in [-0.4, -0.2) is 17.6 Å². The molecule has 0 amide bonds. The van der Waals surface area contributed by atoms with E-state index in [1.54, 1.807) is 6.20 Å². The van der Waals surface area contributed by atoms with Crippen LogP contribution in [0.25, 0.3) is 10.9 Å². The van der Waals surface area contributed by atoms with E-state index in [1.165, 1.54) is 0 Å². The predicted molar refractivity (Wildman–Crippen MR) is 79.1 cm³/mol. The van der Waals surface area contributed by atoms with Gasteiger partial charge in [0.05, 0.1) is 16.8 Å². The zero-order chi connectivity index (χ0) is 13.8. The van der Waals surface area contributed by atoms with Crippen LogP contribution in [0.2, 0.25) is 0 Å². The molecule has 19 heavy (non-hydrogen) atoms. The van der Waals surface area contributed by atoms with Crippen molar-refractivity contribution in [2.45, 2.75) is 19.9 Å². The Bertz CT molecular complexity index is 638. The molecule has 96 valence electrons. The van der Waals surface area contributed by atoms with Crippen LogP contribution in [0.4, 0.5) is 5.69 Å². The fourth-order valence-corrected chi connectivity index (χ4v) is 2.22. The Morgan fingerprint density at radius 3 is 2.79 bits per heavy atom. The zero-order valence-electron chi connectivity index (χ0n) is 11.3. The third-order valence-corrected chi connectivity index (χ3v) is 3.10. The van der Waals surface area contributed by atoms with E-state index >= 15 is 0 Å². The SMILES string of the molecule is C=CCN(c1c(C#N)cnc2ccccc12)C(C)C. The first-order valence-electron chi connectivity index (χ1n) is 6.34. The molecule has 1 heterocycles. The first-order chi connectivity index (χ1) is 9.19. The van der Waals surface area contributed by atoms with Gasteiger partial charge in [0.2, 0.25) is 0 Å². The maximum absolute atomic E-state index is 9.33. The summed E-state index contributed by atoms with van der Waals surface area (Å²) in [7, 11) is 0. The number of para-hydroxylation sites is 1. The third-order valence-electron chi connectivity index (χ3n) is 3.10. The molecule has 3 nitrogen and oxygen atoms in total. The van der Waals surface area contributed by atoms with Gasteiger partial charge < -0.3 is 4.90 Å². The van der Waals surface area contributed by atoms with Crippen molar-refractivity contribution in [1.29, 1.82) is 5.26 Å². The van der Waals surface area contributed by atoms with Gasteiger partial charge in [-0.1, -0.05) is 24.3 Å². The van der Waals surface area contributed by atoms with Crippen LogP contribution in [-0.2, 0) is 0 Å². The highest BCUT2D eigenvalue weighted by Crippen LogP contribution is 2.30. The molecule has 0 radical (unpaired) electrons. The number of benzene rings is 1. The molecule has 3 heteroatoms. The standard InChI is InChI=1S/C16H17N3/c1-4-9-19(12(2)3)16-13(10-17)11-18-15-8-6-5-7-14(15)16/h4-8,11-12H,1,9H2,2-3H3. The second-order valence-electron chi connectivity index (χ2n) is 4.68. The second-order valence-corrected chi connectivity index (χ2v) is 4.68. The summed E-state index contributed by atoms with van der Waals surface area (Å²) in [5, 5.41) is 10.3. The quantitative estimate of drug-likeness (QED) is 0.781. The molecule has 0 unspecified atom stereocenters. The van der Waals surface area contributed by atoms with Gasteiger partial charge in [-0.05, 0) is 19.9 Å². The highest BCUT2D eigenvalue weighted by atomic mass is 15.2. The highest BCUT2D eigenvalue weighted by molar-refractivity contribution is 5.94. The van der Waals surface area contributed by atoms with Crippen molar-refractivity contribution >= 4 is 16.6 Å². The number of rotatable bonds is 4. The lowest BCUT2D eigenvalue weighted by molar-refractivity contribution is 0.725. The Balaban J connectivity index is 2.74.